The summed E-state index contributed by atoms with van der Waals surface area (Å²) < 4.78 is 5.81. The second kappa shape index (κ2) is 6.10. The summed E-state index contributed by atoms with van der Waals surface area (Å²) in [5.41, 5.74) is 4.98. The molecular formula is C14H14Br2N2O2. The number of carbonyl (C=O) groups excluding carboxylic acids is 1. The van der Waals surface area contributed by atoms with Gasteiger partial charge >= 0.3 is 5.97 Å². The van der Waals surface area contributed by atoms with Gasteiger partial charge in [0, 0.05) is 18.0 Å². The third kappa shape index (κ3) is 2.42. The summed E-state index contributed by atoms with van der Waals surface area (Å²) in [5, 5.41) is 0. The molecule has 6 heteroatoms. The lowest BCUT2D eigenvalue weighted by Crippen LogP contribution is -2.10. The predicted molar refractivity (Wildman–Crippen MR) is 85.4 cm³/mol. The molecule has 4 nitrogen and oxygen atoms in total. The zero-order valence-corrected chi connectivity index (χ0v) is 14.2. The molecule has 0 aromatic carbocycles. The highest BCUT2D eigenvalue weighted by Gasteiger charge is 2.27. The minimum absolute atomic E-state index is 0. The van der Waals surface area contributed by atoms with Crippen LogP contribution in [-0.4, -0.2) is 22.5 Å². The molecule has 1 N–H and O–H groups in total. The van der Waals surface area contributed by atoms with E-state index in [0.717, 1.165) is 29.7 Å². The van der Waals surface area contributed by atoms with Gasteiger partial charge in [0.05, 0.1) is 22.5 Å². The fraction of sp³-hybridized carbons (Fsp3) is 0.286. The third-order valence-corrected chi connectivity index (χ3v) is 3.95. The SMILES string of the molecule is Br.CCOC(=O)c1c(Br)[nH]c2c1CCc1cnccc1-2. The fourth-order valence-electron chi connectivity index (χ4n) is 2.53. The Bertz CT molecular complexity index is 653. The second-order valence-corrected chi connectivity index (χ2v) is 5.21. The van der Waals surface area contributed by atoms with Gasteiger partial charge in [-0.15, -0.1) is 17.0 Å². The van der Waals surface area contributed by atoms with Crippen LogP contribution in [0.25, 0.3) is 11.3 Å². The van der Waals surface area contributed by atoms with Crippen molar-refractivity contribution in [3.8, 4) is 11.3 Å². The molecule has 0 aliphatic heterocycles. The van der Waals surface area contributed by atoms with Crippen LogP contribution in [0.1, 0.15) is 28.4 Å². The van der Waals surface area contributed by atoms with Crippen molar-refractivity contribution in [1.82, 2.24) is 9.97 Å². The van der Waals surface area contributed by atoms with E-state index >= 15 is 0 Å². The van der Waals surface area contributed by atoms with E-state index in [4.69, 9.17) is 4.74 Å². The highest BCUT2D eigenvalue weighted by atomic mass is 79.9. The first-order valence-electron chi connectivity index (χ1n) is 6.23. The van der Waals surface area contributed by atoms with Gasteiger partial charge in [-0.3, -0.25) is 4.98 Å². The average molecular weight is 402 g/mol. The zero-order valence-electron chi connectivity index (χ0n) is 10.9. The number of aromatic amines is 1. The van der Waals surface area contributed by atoms with Gasteiger partial charge in [-0.05, 0) is 52.9 Å². The molecule has 0 spiro atoms. The van der Waals surface area contributed by atoms with Crippen LogP contribution >= 0.6 is 32.9 Å². The molecule has 20 heavy (non-hydrogen) atoms. The van der Waals surface area contributed by atoms with Crippen LogP contribution in [0.2, 0.25) is 0 Å². The van der Waals surface area contributed by atoms with Gasteiger partial charge in [0.2, 0.25) is 0 Å². The molecule has 0 bridgehead atoms. The molecule has 2 aromatic rings. The number of esters is 1. The van der Waals surface area contributed by atoms with Crippen LogP contribution in [0.15, 0.2) is 23.1 Å². The molecule has 2 aromatic heterocycles. The molecule has 2 heterocycles. The van der Waals surface area contributed by atoms with Crippen LogP contribution in [0.4, 0.5) is 0 Å². The van der Waals surface area contributed by atoms with Crippen LogP contribution in [0, 0.1) is 0 Å². The van der Waals surface area contributed by atoms with Crippen molar-refractivity contribution in [3.63, 3.8) is 0 Å². The number of nitrogens with zero attached hydrogens (tertiary/aromatic N) is 1. The van der Waals surface area contributed by atoms with Gasteiger partial charge < -0.3 is 9.72 Å². The van der Waals surface area contributed by atoms with Crippen molar-refractivity contribution >= 4 is 38.9 Å². The Labute approximate surface area is 135 Å². The summed E-state index contributed by atoms with van der Waals surface area (Å²) in [6.07, 6.45) is 5.38. The van der Waals surface area contributed by atoms with E-state index in [-0.39, 0.29) is 23.0 Å². The molecular weight excluding hydrogens is 388 g/mol. The standard InChI is InChI=1S/C14H13BrN2O2.BrH/c1-2-19-14(18)11-10-4-3-8-7-16-6-5-9(8)12(10)17-13(11)15;/h5-7,17H,2-4H2,1H3;1H. The van der Waals surface area contributed by atoms with E-state index in [1.165, 1.54) is 5.56 Å². The van der Waals surface area contributed by atoms with E-state index in [9.17, 15) is 4.79 Å². The topological polar surface area (TPSA) is 55.0 Å². The Kier molecular flexibility index (Phi) is 4.65. The number of rotatable bonds is 2. The fourth-order valence-corrected chi connectivity index (χ4v) is 3.13. The van der Waals surface area contributed by atoms with Gasteiger partial charge in [0.1, 0.15) is 0 Å². The van der Waals surface area contributed by atoms with Crippen molar-refractivity contribution in [3.05, 3.63) is 39.8 Å². The molecule has 1 aliphatic rings. The quantitative estimate of drug-likeness (QED) is 0.780. The molecule has 0 atom stereocenters. The van der Waals surface area contributed by atoms with Gasteiger partial charge in [0.15, 0.2) is 0 Å². The molecule has 0 unspecified atom stereocenters. The maximum atomic E-state index is 12.0. The number of fused-ring (bicyclic) bond motifs is 3. The Morgan fingerprint density at radius 2 is 2.30 bits per heavy atom. The molecule has 0 fully saturated rings. The lowest BCUT2D eigenvalue weighted by molar-refractivity contribution is 0.0524. The number of ether oxygens (including phenoxy) is 1. The monoisotopic (exact) mass is 400 g/mol. The van der Waals surface area contributed by atoms with Gasteiger partial charge in [0.25, 0.3) is 0 Å². The Morgan fingerprint density at radius 1 is 1.50 bits per heavy atom. The highest BCUT2D eigenvalue weighted by molar-refractivity contribution is 9.10. The zero-order chi connectivity index (χ0) is 13.4. The number of carbonyl (C=O) groups is 1. The van der Waals surface area contributed by atoms with Gasteiger partial charge in [-0.25, -0.2) is 4.79 Å². The molecule has 0 saturated heterocycles. The van der Waals surface area contributed by atoms with E-state index in [1.54, 1.807) is 6.20 Å². The van der Waals surface area contributed by atoms with Crippen molar-refractivity contribution in [2.75, 3.05) is 6.61 Å². The third-order valence-electron chi connectivity index (χ3n) is 3.35. The number of pyridine rings is 1. The van der Waals surface area contributed by atoms with Crippen molar-refractivity contribution < 1.29 is 9.53 Å². The first-order valence-corrected chi connectivity index (χ1v) is 7.02. The van der Waals surface area contributed by atoms with Crippen molar-refractivity contribution in [2.45, 2.75) is 19.8 Å². The minimum atomic E-state index is -0.274. The molecule has 1 aliphatic carbocycles. The Hall–Kier alpha value is -1.14. The molecule has 3 rings (SSSR count). The number of halogens is 2. The first kappa shape index (κ1) is 15.3. The lowest BCUT2D eigenvalue weighted by Gasteiger charge is -2.16. The Balaban J connectivity index is 0.00000147. The minimum Gasteiger partial charge on any atom is -0.462 e. The summed E-state index contributed by atoms with van der Waals surface area (Å²) >= 11 is 3.43. The first-order chi connectivity index (χ1) is 9.22. The van der Waals surface area contributed by atoms with E-state index in [0.29, 0.717) is 16.8 Å². The van der Waals surface area contributed by atoms with E-state index < -0.39 is 0 Å². The summed E-state index contributed by atoms with van der Waals surface area (Å²) in [5.74, 6) is -0.274. The maximum absolute atomic E-state index is 12.0. The predicted octanol–water partition coefficient (Wildman–Crippen LogP) is 3.69. The van der Waals surface area contributed by atoms with Gasteiger partial charge in [-0.1, -0.05) is 0 Å². The summed E-state index contributed by atoms with van der Waals surface area (Å²) in [6, 6.07) is 1.98. The lowest BCUT2D eigenvalue weighted by atomic mass is 9.90. The van der Waals surface area contributed by atoms with Crippen LogP contribution < -0.4 is 0 Å². The smallest absolute Gasteiger partial charge is 0.341 e. The second-order valence-electron chi connectivity index (χ2n) is 4.42. The van der Waals surface area contributed by atoms with Crippen LogP contribution in [0.5, 0.6) is 0 Å². The molecule has 0 amide bonds. The summed E-state index contributed by atoms with van der Waals surface area (Å²) in [7, 11) is 0. The molecule has 106 valence electrons. The molecule has 0 saturated carbocycles. The Morgan fingerprint density at radius 3 is 3.05 bits per heavy atom. The number of hydrogen-bond acceptors (Lipinski definition) is 3. The van der Waals surface area contributed by atoms with Crippen LogP contribution in [-0.2, 0) is 17.6 Å². The number of hydrogen-bond donors (Lipinski definition) is 1. The normalized spacial score (nSPS) is 12.1. The average Bonchev–Trinajstić information content (AvgIpc) is 2.75. The molecule has 0 radical (unpaired) electrons. The number of aromatic nitrogens is 2. The van der Waals surface area contributed by atoms with Gasteiger partial charge in [-0.2, -0.15) is 0 Å². The number of aryl methyl sites for hydroxylation is 1. The van der Waals surface area contributed by atoms with E-state index in [2.05, 4.69) is 25.9 Å². The summed E-state index contributed by atoms with van der Waals surface area (Å²) in [4.78, 5) is 19.4. The largest absolute Gasteiger partial charge is 0.462 e. The summed E-state index contributed by atoms with van der Waals surface area (Å²) in [6.45, 7) is 2.19. The van der Waals surface area contributed by atoms with Crippen molar-refractivity contribution in [2.24, 2.45) is 0 Å². The van der Waals surface area contributed by atoms with Crippen LogP contribution in [0.3, 0.4) is 0 Å². The maximum Gasteiger partial charge on any atom is 0.341 e. The number of H-pyrrole nitrogens is 1. The number of nitrogens with one attached hydrogen (secondary N) is 1. The van der Waals surface area contributed by atoms with Crippen molar-refractivity contribution in [1.29, 1.82) is 0 Å². The van der Waals surface area contributed by atoms with E-state index in [1.807, 2.05) is 19.2 Å². The highest BCUT2D eigenvalue weighted by Crippen LogP contribution is 2.37.